The first-order valence-electron chi connectivity index (χ1n) is 8.78. The van der Waals surface area contributed by atoms with E-state index in [2.05, 4.69) is 16.8 Å². The molecule has 23 heavy (non-hydrogen) atoms. The fraction of sp³-hybridized carbons (Fsp3) is 0.667. The lowest BCUT2D eigenvalue weighted by Gasteiger charge is -2.38. The maximum atomic E-state index is 12.6. The summed E-state index contributed by atoms with van der Waals surface area (Å²) in [5, 5.41) is 9.20. The molecule has 126 valence electrons. The van der Waals surface area contributed by atoms with Crippen LogP contribution >= 0.6 is 0 Å². The molecule has 0 bridgehead atoms. The number of rotatable bonds is 4. The van der Waals surface area contributed by atoms with Gasteiger partial charge in [0.2, 0.25) is 0 Å². The van der Waals surface area contributed by atoms with Gasteiger partial charge < -0.3 is 14.9 Å². The van der Waals surface area contributed by atoms with Crippen molar-refractivity contribution in [3.05, 3.63) is 29.6 Å². The van der Waals surface area contributed by atoms with E-state index in [-0.39, 0.29) is 12.5 Å². The van der Waals surface area contributed by atoms with Crippen LogP contribution in [0, 0.1) is 5.92 Å². The highest BCUT2D eigenvalue weighted by atomic mass is 16.3. The molecule has 3 rings (SSSR count). The van der Waals surface area contributed by atoms with Gasteiger partial charge in [-0.05, 0) is 69.3 Å². The molecule has 2 fully saturated rings. The number of aliphatic hydroxyl groups excluding tert-OH is 1. The number of aliphatic hydroxyl groups is 1. The molecule has 2 aliphatic rings. The van der Waals surface area contributed by atoms with Gasteiger partial charge in [0.25, 0.3) is 5.91 Å². The van der Waals surface area contributed by atoms with Crippen molar-refractivity contribution in [2.75, 3.05) is 26.2 Å². The van der Waals surface area contributed by atoms with E-state index in [0.717, 1.165) is 31.5 Å². The number of hydrogen-bond acceptors (Lipinski definition) is 4. The van der Waals surface area contributed by atoms with Crippen LogP contribution in [0.2, 0.25) is 0 Å². The number of amides is 1. The summed E-state index contributed by atoms with van der Waals surface area (Å²) in [6.07, 6.45) is 6.40. The highest BCUT2D eigenvalue weighted by Gasteiger charge is 2.30. The minimum absolute atomic E-state index is 0.00687. The molecule has 0 spiro atoms. The molecule has 0 saturated carbocycles. The summed E-state index contributed by atoms with van der Waals surface area (Å²) >= 11 is 0. The van der Waals surface area contributed by atoms with E-state index in [4.69, 9.17) is 0 Å². The molecule has 0 aromatic carbocycles. The number of pyridine rings is 1. The maximum absolute atomic E-state index is 12.6. The van der Waals surface area contributed by atoms with Crippen molar-refractivity contribution in [1.29, 1.82) is 0 Å². The van der Waals surface area contributed by atoms with E-state index < -0.39 is 0 Å². The molecule has 2 saturated heterocycles. The summed E-state index contributed by atoms with van der Waals surface area (Å²) in [4.78, 5) is 21.3. The van der Waals surface area contributed by atoms with Crippen LogP contribution in [0.1, 0.15) is 48.7 Å². The number of nitrogens with zero attached hydrogens (tertiary/aromatic N) is 3. The molecule has 5 heteroatoms. The van der Waals surface area contributed by atoms with Crippen LogP contribution in [0.5, 0.6) is 0 Å². The molecule has 1 amide bonds. The number of carbonyl (C=O) groups is 1. The third kappa shape index (κ3) is 3.72. The minimum atomic E-state index is -0.0573. The molecule has 0 aliphatic carbocycles. The van der Waals surface area contributed by atoms with Gasteiger partial charge in [-0.1, -0.05) is 0 Å². The topological polar surface area (TPSA) is 56.7 Å². The van der Waals surface area contributed by atoms with Crippen LogP contribution in [0.15, 0.2) is 18.3 Å². The quantitative estimate of drug-likeness (QED) is 0.922. The first-order valence-corrected chi connectivity index (χ1v) is 8.78. The average molecular weight is 317 g/mol. The van der Waals surface area contributed by atoms with E-state index in [1.165, 1.54) is 25.9 Å². The summed E-state index contributed by atoms with van der Waals surface area (Å²) in [5.41, 5.74) is 1.18. The zero-order valence-corrected chi connectivity index (χ0v) is 13.9. The Kier molecular flexibility index (Phi) is 5.28. The van der Waals surface area contributed by atoms with Crippen molar-refractivity contribution in [2.45, 2.75) is 45.3 Å². The van der Waals surface area contributed by atoms with Crippen LogP contribution < -0.4 is 0 Å². The van der Waals surface area contributed by atoms with E-state index in [9.17, 15) is 9.90 Å². The van der Waals surface area contributed by atoms with Gasteiger partial charge in [0.05, 0.1) is 6.61 Å². The minimum Gasteiger partial charge on any atom is -0.392 e. The normalized spacial score (nSPS) is 21.6. The van der Waals surface area contributed by atoms with E-state index in [1.807, 2.05) is 4.90 Å². The first-order chi connectivity index (χ1) is 11.2. The first kappa shape index (κ1) is 16.4. The van der Waals surface area contributed by atoms with Crippen molar-refractivity contribution < 1.29 is 9.90 Å². The third-order valence-corrected chi connectivity index (χ3v) is 5.45. The smallest absolute Gasteiger partial charge is 0.272 e. The molecular weight excluding hydrogens is 290 g/mol. The molecule has 2 aliphatic heterocycles. The van der Waals surface area contributed by atoms with Crippen LogP contribution in [-0.4, -0.2) is 58.0 Å². The number of carbonyl (C=O) groups excluding carboxylic acids is 1. The molecule has 1 aromatic rings. The van der Waals surface area contributed by atoms with E-state index >= 15 is 0 Å². The van der Waals surface area contributed by atoms with Crippen molar-refractivity contribution in [3.63, 3.8) is 0 Å². The van der Waals surface area contributed by atoms with E-state index in [0.29, 0.717) is 17.7 Å². The second-order valence-corrected chi connectivity index (χ2v) is 6.82. The van der Waals surface area contributed by atoms with Gasteiger partial charge in [-0.3, -0.25) is 9.78 Å². The Bertz CT molecular complexity index is 535. The molecule has 0 unspecified atom stereocenters. The van der Waals surface area contributed by atoms with Crippen molar-refractivity contribution in [2.24, 2.45) is 5.92 Å². The molecule has 1 aromatic heterocycles. The fourth-order valence-electron chi connectivity index (χ4n) is 3.88. The number of hydrogen-bond donors (Lipinski definition) is 1. The van der Waals surface area contributed by atoms with Gasteiger partial charge >= 0.3 is 0 Å². The van der Waals surface area contributed by atoms with Crippen LogP contribution in [-0.2, 0) is 6.61 Å². The van der Waals surface area contributed by atoms with Crippen molar-refractivity contribution in [3.8, 4) is 0 Å². The maximum Gasteiger partial charge on any atom is 0.272 e. The van der Waals surface area contributed by atoms with Gasteiger partial charge in [0.1, 0.15) is 5.69 Å². The van der Waals surface area contributed by atoms with Crippen LogP contribution in [0.25, 0.3) is 0 Å². The predicted molar refractivity (Wildman–Crippen MR) is 89.1 cm³/mol. The second kappa shape index (κ2) is 7.41. The van der Waals surface area contributed by atoms with Gasteiger partial charge in [0.15, 0.2) is 0 Å². The Morgan fingerprint density at radius 3 is 2.65 bits per heavy atom. The zero-order valence-electron chi connectivity index (χ0n) is 13.9. The largest absolute Gasteiger partial charge is 0.392 e. The Morgan fingerprint density at radius 2 is 2.00 bits per heavy atom. The lowest BCUT2D eigenvalue weighted by molar-refractivity contribution is 0.0618. The Balaban J connectivity index is 1.56. The number of likely N-dealkylation sites (tertiary alicyclic amines) is 2. The Hall–Kier alpha value is -1.46. The zero-order chi connectivity index (χ0) is 16.2. The van der Waals surface area contributed by atoms with Gasteiger partial charge in [-0.15, -0.1) is 0 Å². The van der Waals surface area contributed by atoms with Gasteiger partial charge in [0, 0.05) is 25.3 Å². The van der Waals surface area contributed by atoms with Crippen molar-refractivity contribution >= 4 is 5.91 Å². The molecule has 1 atom stereocenters. The highest BCUT2D eigenvalue weighted by Crippen LogP contribution is 2.27. The average Bonchev–Trinajstić information content (AvgIpc) is 3.15. The monoisotopic (exact) mass is 317 g/mol. The summed E-state index contributed by atoms with van der Waals surface area (Å²) in [6.45, 7) is 6.38. The number of piperidine rings is 1. The summed E-state index contributed by atoms with van der Waals surface area (Å²) in [7, 11) is 0. The molecular formula is C18H27N3O2. The highest BCUT2D eigenvalue weighted by molar-refractivity contribution is 5.92. The predicted octanol–water partition coefficient (Wildman–Crippen LogP) is 1.91. The van der Waals surface area contributed by atoms with Crippen molar-refractivity contribution in [1.82, 2.24) is 14.8 Å². The van der Waals surface area contributed by atoms with Crippen LogP contribution in [0.4, 0.5) is 0 Å². The Labute approximate surface area is 138 Å². The fourth-order valence-corrected chi connectivity index (χ4v) is 3.88. The Morgan fingerprint density at radius 1 is 1.30 bits per heavy atom. The molecule has 5 nitrogen and oxygen atoms in total. The SMILES string of the molecule is C[C@H](C1CCN(C(=O)c2cc(CO)ccn2)CC1)N1CCCC1. The third-order valence-electron chi connectivity index (χ3n) is 5.45. The summed E-state index contributed by atoms with van der Waals surface area (Å²) in [5.74, 6) is 0.682. The standard InChI is InChI=1S/C18H27N3O2/c1-14(20-8-2-3-9-20)16-5-10-21(11-6-16)18(23)17-12-15(13-22)4-7-19-17/h4,7,12,14,16,22H,2-3,5-6,8-11,13H2,1H3/t14-/m1/s1. The second-order valence-electron chi connectivity index (χ2n) is 6.82. The molecule has 1 N–H and O–H groups in total. The lowest BCUT2D eigenvalue weighted by Crippen LogP contribution is -2.45. The van der Waals surface area contributed by atoms with E-state index in [1.54, 1.807) is 18.3 Å². The molecule has 3 heterocycles. The van der Waals surface area contributed by atoms with Gasteiger partial charge in [-0.2, -0.15) is 0 Å². The van der Waals surface area contributed by atoms with Gasteiger partial charge in [-0.25, -0.2) is 0 Å². The summed E-state index contributed by atoms with van der Waals surface area (Å²) < 4.78 is 0. The number of aromatic nitrogens is 1. The van der Waals surface area contributed by atoms with Crippen LogP contribution in [0.3, 0.4) is 0 Å². The molecule has 0 radical (unpaired) electrons. The lowest BCUT2D eigenvalue weighted by atomic mass is 9.89. The summed E-state index contributed by atoms with van der Waals surface area (Å²) in [6, 6.07) is 4.06.